The van der Waals surface area contributed by atoms with E-state index in [0.717, 1.165) is 27.8 Å². The van der Waals surface area contributed by atoms with Crippen LogP contribution in [0.15, 0.2) is 78.9 Å². The van der Waals surface area contributed by atoms with Gasteiger partial charge in [0, 0.05) is 0 Å². The van der Waals surface area contributed by atoms with Crippen LogP contribution in [0, 0.1) is 21.3 Å². The number of hydrogen-bond acceptors (Lipinski definition) is 2. The first kappa shape index (κ1) is 27.5. The average Bonchev–Trinajstić information content (AvgIpc) is 2.77. The molecule has 3 aromatic rings. The van der Waals surface area contributed by atoms with Crippen LogP contribution in [-0.2, 0) is 33.1 Å². The molecule has 4 nitrogen and oxygen atoms in total. The molecule has 2 atom stereocenters. The zero-order chi connectivity index (χ0) is 22.1. The van der Waals surface area contributed by atoms with Crippen LogP contribution in [0.1, 0.15) is 39.9 Å². The first-order chi connectivity index (χ1) is 14.4. The molecule has 0 aliphatic rings. The van der Waals surface area contributed by atoms with Crippen molar-refractivity contribution < 1.29 is 25.7 Å². The Hall–Kier alpha value is -1.56. The number of sulfonamides is 1. The summed E-state index contributed by atoms with van der Waals surface area (Å²) in [5.41, 5.74) is 12.8. The first-order valence-corrected chi connectivity index (χ1v) is 13.2. The summed E-state index contributed by atoms with van der Waals surface area (Å²) in [5.74, 6) is -0.156. The summed E-state index contributed by atoms with van der Waals surface area (Å²) in [6, 6.07) is 22.6. The molecule has 0 spiro atoms. The number of aryl methyl sites for hydroxylation is 2. The van der Waals surface area contributed by atoms with Crippen LogP contribution in [0.5, 0.6) is 0 Å². The van der Waals surface area contributed by atoms with Gasteiger partial charge in [-0.25, -0.2) is 8.42 Å². The number of nitrogens with one attached hydrogen (secondary N) is 1. The van der Waals surface area contributed by atoms with E-state index < -0.39 is 22.1 Å². The van der Waals surface area contributed by atoms with E-state index in [-0.39, 0.29) is 13.2 Å². The van der Waals surface area contributed by atoms with Gasteiger partial charge in [-0.3, -0.25) is 0 Å². The third-order valence-corrected chi connectivity index (χ3v) is 6.06. The summed E-state index contributed by atoms with van der Waals surface area (Å²) in [7, 11) is 0.794. The second-order valence-electron chi connectivity index (χ2n) is 6.95. The second kappa shape index (κ2) is 13.1. The normalized spacial score (nSPS) is 12.6. The van der Waals surface area contributed by atoms with Gasteiger partial charge < -0.3 is 17.9 Å². The van der Waals surface area contributed by atoms with Gasteiger partial charge in [0.05, 0.1) is 15.8 Å². The van der Waals surface area contributed by atoms with E-state index in [1.165, 1.54) is 0 Å². The molecule has 0 bridgehead atoms. The molecule has 2 unspecified atom stereocenters. The van der Waals surface area contributed by atoms with E-state index in [1.54, 1.807) is 0 Å². The molecule has 1 N–H and O–H groups in total. The molecule has 0 saturated heterocycles. The molecule has 0 aliphatic heterocycles. The minimum absolute atomic E-state index is 0. The molecule has 3 aromatic carbocycles. The topological polar surface area (TPSA) is 72.0 Å². The zero-order valence-electron chi connectivity index (χ0n) is 17.8. The molecular formula is C24H27ClN2O2RuS. The van der Waals surface area contributed by atoms with E-state index in [4.69, 9.17) is 5.73 Å². The SMILES string of the molecule is Cc1cccc(C)c1CS(=O)(=O)[N-]C(c1ccccc1)C([NH-])c1ccccc1.[CH3-].[Cl][Ru+3]. The van der Waals surface area contributed by atoms with Gasteiger partial charge in [-0.15, -0.1) is 12.1 Å². The molecular weight excluding hydrogens is 517 g/mol. The summed E-state index contributed by atoms with van der Waals surface area (Å²) in [4.78, 5) is 0. The molecule has 166 valence electrons. The molecule has 0 amide bonds. The van der Waals surface area contributed by atoms with Crippen molar-refractivity contribution in [2.45, 2.75) is 31.7 Å². The Morgan fingerprint density at radius 3 is 1.77 bits per heavy atom. The van der Waals surface area contributed by atoms with Crippen LogP contribution in [0.25, 0.3) is 10.5 Å². The number of nitrogens with zero attached hydrogens (tertiary/aromatic N) is 1. The van der Waals surface area contributed by atoms with E-state index in [1.807, 2.05) is 110 Å². The fraction of sp³-hybridized carbons (Fsp3) is 0.208. The Balaban J connectivity index is 0.00000156. The second-order valence-corrected chi connectivity index (χ2v) is 8.61. The van der Waals surface area contributed by atoms with Crippen molar-refractivity contribution in [1.29, 1.82) is 0 Å². The quantitative estimate of drug-likeness (QED) is 0.234. The number of rotatable bonds is 7. The van der Waals surface area contributed by atoms with Crippen LogP contribution in [0.3, 0.4) is 0 Å². The fourth-order valence-corrected chi connectivity index (χ4v) is 4.76. The van der Waals surface area contributed by atoms with Gasteiger partial charge in [-0.2, -0.15) is 0 Å². The van der Waals surface area contributed by atoms with Gasteiger partial charge in [0.2, 0.25) is 0 Å². The predicted molar refractivity (Wildman–Crippen MR) is 127 cm³/mol. The van der Waals surface area contributed by atoms with Crippen LogP contribution in [-0.4, -0.2) is 8.42 Å². The summed E-state index contributed by atoms with van der Waals surface area (Å²) < 4.78 is 30.2. The summed E-state index contributed by atoms with van der Waals surface area (Å²) >= 11 is 1.82. The van der Waals surface area contributed by atoms with Crippen LogP contribution >= 0.6 is 9.69 Å². The molecule has 0 saturated carbocycles. The van der Waals surface area contributed by atoms with Crippen molar-refractivity contribution in [3.8, 4) is 0 Å². The molecule has 31 heavy (non-hydrogen) atoms. The minimum atomic E-state index is -3.78. The maximum absolute atomic E-state index is 13.0. The summed E-state index contributed by atoms with van der Waals surface area (Å²) in [6.45, 7) is 3.81. The Bertz CT molecular complexity index is 1010. The van der Waals surface area contributed by atoms with Gasteiger partial charge in [-0.1, -0.05) is 90.0 Å². The first-order valence-electron chi connectivity index (χ1n) is 9.31. The molecule has 0 aromatic heterocycles. The predicted octanol–water partition coefficient (Wildman–Crippen LogP) is 7.18. The van der Waals surface area contributed by atoms with Crippen molar-refractivity contribution in [3.63, 3.8) is 0 Å². The third kappa shape index (κ3) is 7.82. The average molecular weight is 544 g/mol. The van der Waals surface area contributed by atoms with E-state index in [9.17, 15) is 8.42 Å². The summed E-state index contributed by atoms with van der Waals surface area (Å²) in [6.07, 6.45) is 0. The van der Waals surface area contributed by atoms with Gasteiger partial charge in [0.25, 0.3) is 0 Å². The zero-order valence-corrected chi connectivity index (χ0v) is 21.1. The van der Waals surface area contributed by atoms with Gasteiger partial charge in [0.1, 0.15) is 0 Å². The van der Waals surface area contributed by atoms with E-state index >= 15 is 0 Å². The molecule has 0 radical (unpaired) electrons. The van der Waals surface area contributed by atoms with Crippen molar-refractivity contribution in [3.05, 3.63) is 125 Å². The molecule has 0 aliphatic carbocycles. The number of halogens is 1. The Morgan fingerprint density at radius 2 is 1.29 bits per heavy atom. The summed E-state index contributed by atoms with van der Waals surface area (Å²) in [5, 5.41) is 0. The van der Waals surface area contributed by atoms with Crippen LogP contribution < -0.4 is 0 Å². The van der Waals surface area contributed by atoms with Crippen molar-refractivity contribution in [1.82, 2.24) is 0 Å². The number of hydrogen-bond donors (Lipinski definition) is 0. The molecule has 0 heterocycles. The van der Waals surface area contributed by atoms with Crippen molar-refractivity contribution >= 4 is 19.7 Å². The Labute approximate surface area is 201 Å². The fourth-order valence-electron chi connectivity index (χ4n) is 3.28. The number of benzene rings is 3. The van der Waals surface area contributed by atoms with E-state index in [2.05, 4.69) is 14.4 Å². The Morgan fingerprint density at radius 1 is 0.839 bits per heavy atom. The molecule has 7 heteroatoms. The third-order valence-electron chi connectivity index (χ3n) is 4.86. The van der Waals surface area contributed by atoms with Gasteiger partial charge in [0.15, 0.2) is 0 Å². The van der Waals surface area contributed by atoms with Crippen molar-refractivity contribution in [2.75, 3.05) is 0 Å². The standard InChI is InChI=1S/C23H24N2O2S.CH3.ClH.Ru/c1-17-10-9-11-18(2)21(17)16-28(26,27)25-23(20-14-7-4-8-15-20)22(24)19-12-5-3-6-13-19;;;/h3-15,22-24H,16H2,1-2H3;1H3;1H;/q-2;-1;;+4/p-1. The Kier molecular flexibility index (Phi) is 11.6. The monoisotopic (exact) mass is 544 g/mol. The van der Waals surface area contributed by atoms with Crippen molar-refractivity contribution in [2.24, 2.45) is 0 Å². The molecule has 3 rings (SSSR count). The van der Waals surface area contributed by atoms with Crippen LogP contribution in [0.2, 0.25) is 0 Å². The van der Waals surface area contributed by atoms with Gasteiger partial charge >= 0.3 is 27.0 Å². The van der Waals surface area contributed by atoms with Gasteiger partial charge in [-0.05, 0) is 30.5 Å². The molecule has 0 fully saturated rings. The van der Waals surface area contributed by atoms with E-state index in [0.29, 0.717) is 0 Å². The maximum atomic E-state index is 13.0. The van der Waals surface area contributed by atoms with Crippen LogP contribution in [0.4, 0.5) is 0 Å².